The molecule has 0 aliphatic heterocycles. The zero-order valence-electron chi connectivity index (χ0n) is 7.01. The van der Waals surface area contributed by atoms with Crippen LogP contribution in [0.2, 0.25) is 5.02 Å². The van der Waals surface area contributed by atoms with E-state index in [2.05, 4.69) is 10.3 Å². The summed E-state index contributed by atoms with van der Waals surface area (Å²) in [6, 6.07) is 4.26. The van der Waals surface area contributed by atoms with Crippen molar-refractivity contribution in [3.8, 4) is 0 Å². The monoisotopic (exact) mass is 201 g/mol. The van der Waals surface area contributed by atoms with E-state index in [4.69, 9.17) is 17.3 Å². The van der Waals surface area contributed by atoms with E-state index in [1.165, 1.54) is 19.2 Å². The van der Waals surface area contributed by atoms with Crippen LogP contribution in [0.1, 0.15) is 0 Å². The molecule has 3 nitrogen and oxygen atoms in total. The van der Waals surface area contributed by atoms with E-state index in [1.807, 2.05) is 0 Å². The van der Waals surface area contributed by atoms with Crippen molar-refractivity contribution in [2.45, 2.75) is 0 Å². The predicted molar refractivity (Wildman–Crippen MR) is 52.6 cm³/mol. The van der Waals surface area contributed by atoms with Gasteiger partial charge in [-0.2, -0.15) is 0 Å². The van der Waals surface area contributed by atoms with Crippen molar-refractivity contribution in [3.05, 3.63) is 29.0 Å². The Labute approximate surface area is 80.4 Å². The van der Waals surface area contributed by atoms with Gasteiger partial charge in [-0.15, -0.1) is 0 Å². The predicted octanol–water partition coefficient (Wildman–Crippen LogP) is 1.84. The second kappa shape index (κ2) is 4.09. The van der Waals surface area contributed by atoms with Gasteiger partial charge in [-0.05, 0) is 18.2 Å². The van der Waals surface area contributed by atoms with Gasteiger partial charge in [0.25, 0.3) is 0 Å². The minimum absolute atomic E-state index is 0.154. The number of aliphatic imine (C=N–C) groups is 1. The Morgan fingerprint density at radius 3 is 2.85 bits per heavy atom. The third-order valence-corrected chi connectivity index (χ3v) is 1.67. The molecule has 70 valence electrons. The molecule has 0 aromatic heterocycles. The van der Waals surface area contributed by atoms with Crippen molar-refractivity contribution >= 4 is 23.2 Å². The molecular formula is C8H9ClFN3. The summed E-state index contributed by atoms with van der Waals surface area (Å²) >= 11 is 5.56. The third kappa shape index (κ3) is 2.59. The first-order chi connectivity index (χ1) is 6.13. The Bertz CT molecular complexity index is 338. The molecule has 0 aliphatic carbocycles. The number of nitrogens with one attached hydrogen (secondary N) is 1. The largest absolute Gasteiger partial charge is 0.370 e. The number of nitrogens with zero attached hydrogens (tertiary/aromatic N) is 1. The molecule has 1 aromatic rings. The summed E-state index contributed by atoms with van der Waals surface area (Å²) < 4.78 is 13.1. The van der Waals surface area contributed by atoms with E-state index in [0.717, 1.165) is 0 Å². The van der Waals surface area contributed by atoms with Crippen molar-refractivity contribution < 1.29 is 4.39 Å². The summed E-state index contributed by atoms with van der Waals surface area (Å²) in [6.45, 7) is 0. The lowest BCUT2D eigenvalue weighted by Gasteiger charge is -2.05. The van der Waals surface area contributed by atoms with E-state index < -0.39 is 5.82 Å². The Morgan fingerprint density at radius 1 is 1.62 bits per heavy atom. The number of benzene rings is 1. The quantitative estimate of drug-likeness (QED) is 0.538. The molecular weight excluding hydrogens is 193 g/mol. The van der Waals surface area contributed by atoms with Crippen LogP contribution in [0, 0.1) is 5.82 Å². The highest BCUT2D eigenvalue weighted by atomic mass is 35.5. The summed E-state index contributed by atoms with van der Waals surface area (Å²) in [6.07, 6.45) is 0. The van der Waals surface area contributed by atoms with E-state index in [0.29, 0.717) is 5.02 Å². The van der Waals surface area contributed by atoms with Gasteiger partial charge in [0.15, 0.2) is 5.96 Å². The van der Waals surface area contributed by atoms with E-state index >= 15 is 0 Å². The van der Waals surface area contributed by atoms with Crippen molar-refractivity contribution in [1.82, 2.24) is 0 Å². The smallest absolute Gasteiger partial charge is 0.192 e. The molecule has 0 amide bonds. The van der Waals surface area contributed by atoms with E-state index in [1.54, 1.807) is 6.07 Å². The molecule has 5 heteroatoms. The molecule has 0 fully saturated rings. The zero-order chi connectivity index (χ0) is 9.84. The highest BCUT2D eigenvalue weighted by Crippen LogP contribution is 2.18. The minimum Gasteiger partial charge on any atom is -0.370 e. The summed E-state index contributed by atoms with van der Waals surface area (Å²) in [5, 5.41) is 2.92. The molecule has 0 heterocycles. The van der Waals surface area contributed by atoms with Crippen LogP contribution in [0.4, 0.5) is 10.1 Å². The Kier molecular flexibility index (Phi) is 3.08. The average Bonchev–Trinajstić information content (AvgIpc) is 2.09. The van der Waals surface area contributed by atoms with Gasteiger partial charge < -0.3 is 11.1 Å². The normalized spacial score (nSPS) is 11.5. The van der Waals surface area contributed by atoms with Crippen molar-refractivity contribution in [1.29, 1.82) is 0 Å². The SMILES string of the molecule is CN=C(N)Nc1ccc(Cl)cc1F. The molecule has 1 aromatic carbocycles. The second-order valence-corrected chi connectivity index (χ2v) is 2.79. The number of hydrogen-bond donors (Lipinski definition) is 2. The van der Waals surface area contributed by atoms with Crippen LogP contribution in [0.25, 0.3) is 0 Å². The minimum atomic E-state index is -0.459. The fraction of sp³-hybridized carbons (Fsp3) is 0.125. The molecule has 0 unspecified atom stereocenters. The summed E-state index contributed by atoms with van der Waals surface area (Å²) in [5.74, 6) is -0.305. The van der Waals surface area contributed by atoms with Gasteiger partial charge >= 0.3 is 0 Å². The number of anilines is 1. The van der Waals surface area contributed by atoms with Crippen LogP contribution in [0.15, 0.2) is 23.2 Å². The molecule has 0 aliphatic rings. The summed E-state index contributed by atoms with van der Waals surface area (Å²) in [4.78, 5) is 3.63. The van der Waals surface area contributed by atoms with Crippen LogP contribution >= 0.6 is 11.6 Å². The van der Waals surface area contributed by atoms with Crippen molar-refractivity contribution in [3.63, 3.8) is 0 Å². The molecule has 0 spiro atoms. The topological polar surface area (TPSA) is 50.4 Å². The summed E-state index contributed by atoms with van der Waals surface area (Å²) in [7, 11) is 1.51. The van der Waals surface area contributed by atoms with E-state index in [9.17, 15) is 4.39 Å². The Hall–Kier alpha value is -1.29. The fourth-order valence-electron chi connectivity index (χ4n) is 0.785. The van der Waals surface area contributed by atoms with Crippen LogP contribution < -0.4 is 11.1 Å². The Balaban J connectivity index is 2.90. The lowest BCUT2D eigenvalue weighted by molar-refractivity contribution is 0.632. The highest BCUT2D eigenvalue weighted by molar-refractivity contribution is 6.30. The zero-order valence-corrected chi connectivity index (χ0v) is 7.77. The van der Waals surface area contributed by atoms with Crippen LogP contribution in [0.5, 0.6) is 0 Å². The number of hydrogen-bond acceptors (Lipinski definition) is 1. The standard InChI is InChI=1S/C8H9ClFN3/c1-12-8(11)13-7-3-2-5(9)4-6(7)10/h2-4H,1H3,(H3,11,12,13). The maximum absolute atomic E-state index is 13.1. The number of guanidine groups is 1. The van der Waals surface area contributed by atoms with Gasteiger partial charge in [-0.3, -0.25) is 4.99 Å². The van der Waals surface area contributed by atoms with Gasteiger partial charge in [0.2, 0.25) is 0 Å². The molecule has 13 heavy (non-hydrogen) atoms. The fourth-order valence-corrected chi connectivity index (χ4v) is 0.944. The first-order valence-corrected chi connectivity index (χ1v) is 3.95. The average molecular weight is 202 g/mol. The van der Waals surface area contributed by atoms with Crippen molar-refractivity contribution in [2.75, 3.05) is 12.4 Å². The van der Waals surface area contributed by atoms with Gasteiger partial charge in [0, 0.05) is 12.1 Å². The summed E-state index contributed by atoms with van der Waals surface area (Å²) in [5.41, 5.74) is 5.61. The van der Waals surface area contributed by atoms with Gasteiger partial charge in [0.05, 0.1) is 5.69 Å². The Morgan fingerprint density at radius 2 is 2.31 bits per heavy atom. The lowest BCUT2D eigenvalue weighted by Crippen LogP contribution is -2.22. The molecule has 0 saturated heterocycles. The van der Waals surface area contributed by atoms with Gasteiger partial charge in [-0.1, -0.05) is 11.6 Å². The van der Waals surface area contributed by atoms with Crippen LogP contribution in [-0.4, -0.2) is 13.0 Å². The number of rotatable bonds is 1. The molecule has 0 bridgehead atoms. The second-order valence-electron chi connectivity index (χ2n) is 2.36. The lowest BCUT2D eigenvalue weighted by atomic mass is 10.3. The molecule has 1 rings (SSSR count). The van der Waals surface area contributed by atoms with Gasteiger partial charge in [0.1, 0.15) is 5.82 Å². The van der Waals surface area contributed by atoms with Crippen LogP contribution in [0.3, 0.4) is 0 Å². The third-order valence-electron chi connectivity index (χ3n) is 1.43. The first kappa shape index (κ1) is 9.80. The molecule has 3 N–H and O–H groups in total. The van der Waals surface area contributed by atoms with Crippen molar-refractivity contribution in [2.24, 2.45) is 10.7 Å². The number of nitrogens with two attached hydrogens (primary N) is 1. The highest BCUT2D eigenvalue weighted by Gasteiger charge is 2.02. The molecule has 0 atom stereocenters. The number of halogens is 2. The first-order valence-electron chi connectivity index (χ1n) is 3.58. The van der Waals surface area contributed by atoms with Gasteiger partial charge in [-0.25, -0.2) is 4.39 Å². The molecule has 0 radical (unpaired) electrons. The van der Waals surface area contributed by atoms with E-state index in [-0.39, 0.29) is 11.6 Å². The van der Waals surface area contributed by atoms with Crippen LogP contribution in [-0.2, 0) is 0 Å². The molecule has 0 saturated carbocycles. The maximum Gasteiger partial charge on any atom is 0.192 e. The maximum atomic E-state index is 13.1.